The second kappa shape index (κ2) is 6.15. The lowest BCUT2D eigenvalue weighted by Gasteiger charge is -2.11. The lowest BCUT2D eigenvalue weighted by molar-refractivity contribution is 0.534. The Bertz CT molecular complexity index is 349. The molecule has 16 heavy (non-hydrogen) atoms. The van der Waals surface area contributed by atoms with Crippen LogP contribution >= 0.6 is 0 Å². The molecule has 1 aromatic heterocycles. The molecule has 0 radical (unpaired) electrons. The Morgan fingerprint density at radius 1 is 0.938 bits per heavy atom. The van der Waals surface area contributed by atoms with E-state index in [0.717, 1.165) is 37.1 Å². The van der Waals surface area contributed by atoms with Crippen LogP contribution < -0.4 is 10.6 Å². The highest BCUT2D eigenvalue weighted by Gasteiger charge is 1.91. The summed E-state index contributed by atoms with van der Waals surface area (Å²) in [5.41, 5.74) is 0.998. The number of fused-ring (bicyclic) bond motifs is 1. The van der Waals surface area contributed by atoms with Gasteiger partial charge in [-0.05, 0) is 6.07 Å². The van der Waals surface area contributed by atoms with Gasteiger partial charge in [-0.3, -0.25) is 0 Å². The van der Waals surface area contributed by atoms with Gasteiger partial charge in [0.1, 0.15) is 6.33 Å². The van der Waals surface area contributed by atoms with E-state index in [-0.39, 0.29) is 0 Å². The molecule has 4 heteroatoms. The number of hydrogen-bond acceptors (Lipinski definition) is 4. The number of benzene rings is 1. The Labute approximate surface area is 95.1 Å². The van der Waals surface area contributed by atoms with Crippen LogP contribution in [0.5, 0.6) is 0 Å². The second-order valence-corrected chi connectivity index (χ2v) is 3.58. The zero-order valence-corrected chi connectivity index (χ0v) is 9.19. The van der Waals surface area contributed by atoms with Crippen LogP contribution in [-0.4, -0.2) is 36.1 Å². The monoisotopic (exact) mass is 216 g/mol. The average Bonchev–Trinajstić information content (AvgIpc) is 2.42. The first kappa shape index (κ1) is 11.0. The highest BCUT2D eigenvalue weighted by Crippen LogP contribution is 2.06. The van der Waals surface area contributed by atoms with Crippen LogP contribution in [0.25, 0.3) is 10.9 Å². The molecule has 1 fully saturated rings. The summed E-state index contributed by atoms with van der Waals surface area (Å²) in [7, 11) is 0. The molecule has 0 atom stereocenters. The highest BCUT2D eigenvalue weighted by molar-refractivity contribution is 5.76. The summed E-state index contributed by atoms with van der Waals surface area (Å²) in [5, 5.41) is 7.53. The first-order chi connectivity index (χ1) is 7.97. The number of para-hydroxylation sites is 1. The zero-order valence-electron chi connectivity index (χ0n) is 9.19. The third-order valence-electron chi connectivity index (χ3n) is 2.37. The van der Waals surface area contributed by atoms with E-state index < -0.39 is 0 Å². The molecule has 1 aliphatic rings. The summed E-state index contributed by atoms with van der Waals surface area (Å²) in [5.74, 6) is 0. The predicted octanol–water partition coefficient (Wildman–Crippen LogP) is 0.809. The van der Waals surface area contributed by atoms with Crippen molar-refractivity contribution in [3.05, 3.63) is 36.8 Å². The number of nitrogens with zero attached hydrogens (tertiary/aromatic N) is 2. The molecule has 2 aromatic rings. The normalized spacial score (nSPS) is 15.2. The molecule has 84 valence electrons. The number of aromatic nitrogens is 2. The first-order valence-corrected chi connectivity index (χ1v) is 5.53. The quantitative estimate of drug-likeness (QED) is 0.684. The smallest absolute Gasteiger partial charge is 0.116 e. The van der Waals surface area contributed by atoms with Crippen LogP contribution in [0.15, 0.2) is 36.8 Å². The maximum atomic E-state index is 4.07. The molecule has 0 bridgehead atoms. The molecule has 0 aliphatic carbocycles. The van der Waals surface area contributed by atoms with Gasteiger partial charge >= 0.3 is 0 Å². The molecule has 2 heterocycles. The Balaban J connectivity index is 0.000000138. The largest absolute Gasteiger partial charge is 0.314 e. The van der Waals surface area contributed by atoms with Gasteiger partial charge in [0.15, 0.2) is 0 Å². The zero-order chi connectivity index (χ0) is 11.1. The van der Waals surface area contributed by atoms with E-state index in [2.05, 4.69) is 20.6 Å². The Morgan fingerprint density at radius 3 is 2.25 bits per heavy atom. The van der Waals surface area contributed by atoms with Crippen LogP contribution in [0.1, 0.15) is 0 Å². The molecule has 3 rings (SSSR count). The summed E-state index contributed by atoms with van der Waals surface area (Å²) in [6, 6.07) is 7.91. The van der Waals surface area contributed by atoms with Crippen molar-refractivity contribution in [3.63, 3.8) is 0 Å². The molecule has 0 amide bonds. The average molecular weight is 216 g/mol. The predicted molar refractivity (Wildman–Crippen MR) is 65.3 cm³/mol. The molecule has 0 spiro atoms. The van der Waals surface area contributed by atoms with Crippen LogP contribution in [0, 0.1) is 0 Å². The van der Waals surface area contributed by atoms with E-state index in [1.807, 2.05) is 30.5 Å². The van der Waals surface area contributed by atoms with Gasteiger partial charge in [0, 0.05) is 37.8 Å². The molecule has 1 aromatic carbocycles. The van der Waals surface area contributed by atoms with E-state index in [1.54, 1.807) is 6.33 Å². The Kier molecular flexibility index (Phi) is 4.22. The minimum atomic E-state index is 0.998. The molecule has 1 saturated heterocycles. The van der Waals surface area contributed by atoms with Crippen molar-refractivity contribution < 1.29 is 0 Å². The number of rotatable bonds is 0. The van der Waals surface area contributed by atoms with Crippen molar-refractivity contribution >= 4 is 10.9 Å². The van der Waals surface area contributed by atoms with Crippen LogP contribution in [-0.2, 0) is 0 Å². The fourth-order valence-corrected chi connectivity index (χ4v) is 1.53. The van der Waals surface area contributed by atoms with Gasteiger partial charge in [0.25, 0.3) is 0 Å². The van der Waals surface area contributed by atoms with Crippen LogP contribution in [0.3, 0.4) is 0 Å². The fourth-order valence-electron chi connectivity index (χ4n) is 1.53. The molecule has 1 aliphatic heterocycles. The van der Waals surface area contributed by atoms with Crippen molar-refractivity contribution in [1.82, 2.24) is 20.6 Å². The first-order valence-electron chi connectivity index (χ1n) is 5.53. The number of nitrogens with one attached hydrogen (secondary N) is 2. The topological polar surface area (TPSA) is 49.8 Å². The van der Waals surface area contributed by atoms with Crippen molar-refractivity contribution in [3.8, 4) is 0 Å². The minimum Gasteiger partial charge on any atom is -0.314 e. The van der Waals surface area contributed by atoms with Gasteiger partial charge < -0.3 is 10.6 Å². The van der Waals surface area contributed by atoms with Gasteiger partial charge in [-0.2, -0.15) is 0 Å². The maximum absolute atomic E-state index is 4.07. The SMILES string of the molecule is C1CNCCN1.c1ccc2ncncc2c1. The Morgan fingerprint density at radius 2 is 1.62 bits per heavy atom. The Hall–Kier alpha value is -1.52. The summed E-state index contributed by atoms with van der Waals surface area (Å²) in [4.78, 5) is 7.97. The fraction of sp³-hybridized carbons (Fsp3) is 0.333. The van der Waals surface area contributed by atoms with E-state index in [9.17, 15) is 0 Å². The summed E-state index contributed by atoms with van der Waals surface area (Å²) in [6.07, 6.45) is 3.37. The molecular weight excluding hydrogens is 200 g/mol. The molecule has 4 nitrogen and oxygen atoms in total. The van der Waals surface area contributed by atoms with Crippen molar-refractivity contribution in [2.75, 3.05) is 26.2 Å². The van der Waals surface area contributed by atoms with Crippen molar-refractivity contribution in [2.45, 2.75) is 0 Å². The number of hydrogen-bond donors (Lipinski definition) is 2. The minimum absolute atomic E-state index is 0.998. The standard InChI is InChI=1S/C8H6N2.C4H10N2/c1-2-4-8-7(3-1)5-9-6-10-8;1-2-6-4-3-5-1/h1-6H;5-6H,1-4H2. The lowest BCUT2D eigenvalue weighted by Crippen LogP contribution is -2.39. The molecule has 0 unspecified atom stereocenters. The number of piperazine rings is 1. The van der Waals surface area contributed by atoms with Crippen molar-refractivity contribution in [2.24, 2.45) is 0 Å². The molecular formula is C12H16N4. The van der Waals surface area contributed by atoms with E-state index in [1.165, 1.54) is 0 Å². The van der Waals surface area contributed by atoms with E-state index >= 15 is 0 Å². The third-order valence-corrected chi connectivity index (χ3v) is 2.37. The maximum Gasteiger partial charge on any atom is 0.116 e. The van der Waals surface area contributed by atoms with E-state index in [0.29, 0.717) is 0 Å². The highest BCUT2D eigenvalue weighted by atomic mass is 15.0. The molecule has 0 saturated carbocycles. The third kappa shape index (κ3) is 3.25. The van der Waals surface area contributed by atoms with Gasteiger partial charge in [-0.1, -0.05) is 18.2 Å². The van der Waals surface area contributed by atoms with Gasteiger partial charge in [0.05, 0.1) is 5.52 Å². The van der Waals surface area contributed by atoms with E-state index in [4.69, 9.17) is 0 Å². The van der Waals surface area contributed by atoms with Crippen LogP contribution in [0.2, 0.25) is 0 Å². The summed E-state index contributed by atoms with van der Waals surface area (Å²) in [6.45, 7) is 4.56. The summed E-state index contributed by atoms with van der Waals surface area (Å²) >= 11 is 0. The van der Waals surface area contributed by atoms with Crippen molar-refractivity contribution in [1.29, 1.82) is 0 Å². The summed E-state index contributed by atoms with van der Waals surface area (Å²) < 4.78 is 0. The van der Waals surface area contributed by atoms with Gasteiger partial charge in [-0.25, -0.2) is 9.97 Å². The molecule has 2 N–H and O–H groups in total. The van der Waals surface area contributed by atoms with Crippen LogP contribution in [0.4, 0.5) is 0 Å². The lowest BCUT2D eigenvalue weighted by atomic mass is 10.2. The second-order valence-electron chi connectivity index (χ2n) is 3.58. The van der Waals surface area contributed by atoms with Gasteiger partial charge in [-0.15, -0.1) is 0 Å². The van der Waals surface area contributed by atoms with Gasteiger partial charge in [0.2, 0.25) is 0 Å².